The first kappa shape index (κ1) is 9.19. The maximum absolute atomic E-state index is 5.71. The lowest BCUT2D eigenvalue weighted by molar-refractivity contribution is 0.417. The van der Waals surface area contributed by atoms with E-state index in [0.29, 0.717) is 17.1 Å². The zero-order chi connectivity index (χ0) is 9.30. The van der Waals surface area contributed by atoms with Gasteiger partial charge in [-0.15, -0.1) is 0 Å². The van der Waals surface area contributed by atoms with Crippen LogP contribution in [0.15, 0.2) is 10.5 Å². The minimum Gasteiger partial charge on any atom is -0.495 e. The number of rotatable bonds is 1. The standard InChI is InChI=1S/C8H11BrN2O/c1-4-3-5(12-2)7(10)8(11)6(4)9/h3H,10-11H2,1-2H3. The van der Waals surface area contributed by atoms with Crippen molar-refractivity contribution in [3.05, 3.63) is 16.1 Å². The molecule has 0 amide bonds. The van der Waals surface area contributed by atoms with Crippen LogP contribution in [0.1, 0.15) is 5.56 Å². The second-order valence-corrected chi connectivity index (χ2v) is 3.33. The van der Waals surface area contributed by atoms with Crippen LogP contribution in [0.3, 0.4) is 0 Å². The van der Waals surface area contributed by atoms with E-state index in [1.807, 2.05) is 13.0 Å². The molecule has 12 heavy (non-hydrogen) atoms. The lowest BCUT2D eigenvalue weighted by atomic mass is 10.2. The number of nitrogen functional groups attached to an aromatic ring is 2. The van der Waals surface area contributed by atoms with E-state index in [0.717, 1.165) is 10.0 Å². The van der Waals surface area contributed by atoms with Crippen molar-refractivity contribution in [1.82, 2.24) is 0 Å². The van der Waals surface area contributed by atoms with Crippen molar-refractivity contribution in [1.29, 1.82) is 0 Å². The summed E-state index contributed by atoms with van der Waals surface area (Å²) in [4.78, 5) is 0. The largest absolute Gasteiger partial charge is 0.495 e. The number of nitrogens with two attached hydrogens (primary N) is 2. The number of methoxy groups -OCH3 is 1. The van der Waals surface area contributed by atoms with Gasteiger partial charge in [-0.05, 0) is 34.5 Å². The molecule has 0 unspecified atom stereocenters. The second kappa shape index (κ2) is 3.23. The van der Waals surface area contributed by atoms with E-state index in [-0.39, 0.29) is 0 Å². The Balaban J connectivity index is 3.39. The van der Waals surface area contributed by atoms with Gasteiger partial charge in [0, 0.05) is 4.47 Å². The number of benzene rings is 1. The van der Waals surface area contributed by atoms with E-state index in [1.54, 1.807) is 7.11 Å². The van der Waals surface area contributed by atoms with Crippen LogP contribution in [-0.4, -0.2) is 7.11 Å². The first-order valence-corrected chi connectivity index (χ1v) is 4.25. The van der Waals surface area contributed by atoms with Gasteiger partial charge in [0.2, 0.25) is 0 Å². The predicted molar refractivity (Wildman–Crippen MR) is 54.3 cm³/mol. The van der Waals surface area contributed by atoms with Gasteiger partial charge in [0.05, 0.1) is 18.5 Å². The van der Waals surface area contributed by atoms with Gasteiger partial charge in [0.1, 0.15) is 5.75 Å². The van der Waals surface area contributed by atoms with Gasteiger partial charge in [-0.25, -0.2) is 0 Å². The zero-order valence-electron chi connectivity index (χ0n) is 7.02. The minimum absolute atomic E-state index is 0.481. The second-order valence-electron chi connectivity index (χ2n) is 2.54. The quantitative estimate of drug-likeness (QED) is 0.726. The van der Waals surface area contributed by atoms with Crippen molar-refractivity contribution in [3.8, 4) is 5.75 Å². The number of ether oxygens (including phenoxy) is 1. The molecule has 1 aromatic carbocycles. The van der Waals surface area contributed by atoms with Gasteiger partial charge in [-0.3, -0.25) is 0 Å². The minimum atomic E-state index is 0.481. The first-order valence-electron chi connectivity index (χ1n) is 3.46. The Kier molecular flexibility index (Phi) is 2.47. The van der Waals surface area contributed by atoms with Crippen LogP contribution in [0, 0.1) is 6.92 Å². The van der Waals surface area contributed by atoms with Gasteiger partial charge in [0.15, 0.2) is 0 Å². The molecule has 0 aliphatic carbocycles. The Labute approximate surface area is 79.8 Å². The molecule has 0 saturated carbocycles. The van der Waals surface area contributed by atoms with E-state index >= 15 is 0 Å². The molecule has 0 aliphatic rings. The number of anilines is 2. The molecule has 4 heteroatoms. The summed E-state index contributed by atoms with van der Waals surface area (Å²) < 4.78 is 5.87. The summed E-state index contributed by atoms with van der Waals surface area (Å²) in [5.41, 5.74) is 13.4. The normalized spacial score (nSPS) is 9.92. The van der Waals surface area contributed by atoms with Crippen molar-refractivity contribution in [2.24, 2.45) is 0 Å². The number of aryl methyl sites for hydroxylation is 1. The molecule has 4 N–H and O–H groups in total. The topological polar surface area (TPSA) is 61.3 Å². The molecule has 0 bridgehead atoms. The molecule has 0 heterocycles. The third-order valence-electron chi connectivity index (χ3n) is 1.71. The highest BCUT2D eigenvalue weighted by Crippen LogP contribution is 2.36. The molecule has 0 fully saturated rings. The molecule has 1 rings (SSSR count). The molecule has 0 radical (unpaired) electrons. The van der Waals surface area contributed by atoms with Crippen LogP contribution in [-0.2, 0) is 0 Å². The maximum atomic E-state index is 5.71. The lowest BCUT2D eigenvalue weighted by Crippen LogP contribution is -2.00. The monoisotopic (exact) mass is 230 g/mol. The van der Waals surface area contributed by atoms with Gasteiger partial charge >= 0.3 is 0 Å². The highest BCUT2D eigenvalue weighted by atomic mass is 79.9. The Hall–Kier alpha value is -0.900. The third kappa shape index (κ3) is 1.34. The van der Waals surface area contributed by atoms with Gasteiger partial charge in [-0.2, -0.15) is 0 Å². The predicted octanol–water partition coefficient (Wildman–Crippen LogP) is 1.93. The van der Waals surface area contributed by atoms with Gasteiger partial charge < -0.3 is 16.2 Å². The summed E-state index contributed by atoms with van der Waals surface area (Å²) >= 11 is 3.33. The smallest absolute Gasteiger partial charge is 0.144 e. The molecule has 0 spiro atoms. The highest BCUT2D eigenvalue weighted by Gasteiger charge is 2.09. The Morgan fingerprint density at radius 3 is 2.42 bits per heavy atom. The van der Waals surface area contributed by atoms with Crippen molar-refractivity contribution < 1.29 is 4.74 Å². The third-order valence-corrected chi connectivity index (χ3v) is 2.76. The van der Waals surface area contributed by atoms with E-state index < -0.39 is 0 Å². The maximum Gasteiger partial charge on any atom is 0.144 e. The number of hydrogen-bond acceptors (Lipinski definition) is 3. The molecular weight excluding hydrogens is 220 g/mol. The molecule has 0 aliphatic heterocycles. The molecule has 1 aromatic rings. The van der Waals surface area contributed by atoms with Crippen molar-refractivity contribution in [2.45, 2.75) is 6.92 Å². The summed E-state index contributed by atoms with van der Waals surface area (Å²) in [6.07, 6.45) is 0. The summed E-state index contributed by atoms with van der Waals surface area (Å²) in [6.45, 7) is 1.93. The average molecular weight is 231 g/mol. The fraction of sp³-hybridized carbons (Fsp3) is 0.250. The number of halogens is 1. The molecular formula is C8H11BrN2O. The van der Waals surface area contributed by atoms with Crippen LogP contribution in [0.25, 0.3) is 0 Å². The van der Waals surface area contributed by atoms with Gasteiger partial charge in [0.25, 0.3) is 0 Å². The summed E-state index contributed by atoms with van der Waals surface area (Å²) in [5, 5.41) is 0. The zero-order valence-corrected chi connectivity index (χ0v) is 8.60. The van der Waals surface area contributed by atoms with Crippen LogP contribution in [0.2, 0.25) is 0 Å². The lowest BCUT2D eigenvalue weighted by Gasteiger charge is -2.10. The Bertz CT molecular complexity index is 312. The first-order chi connectivity index (χ1) is 5.57. The molecule has 0 saturated heterocycles. The Morgan fingerprint density at radius 1 is 1.33 bits per heavy atom. The van der Waals surface area contributed by atoms with E-state index in [2.05, 4.69) is 15.9 Å². The van der Waals surface area contributed by atoms with Crippen molar-refractivity contribution in [2.75, 3.05) is 18.6 Å². The molecule has 3 nitrogen and oxygen atoms in total. The van der Waals surface area contributed by atoms with Crippen molar-refractivity contribution >= 4 is 27.3 Å². The average Bonchev–Trinajstić information content (AvgIpc) is 2.08. The fourth-order valence-electron chi connectivity index (χ4n) is 0.970. The van der Waals surface area contributed by atoms with Crippen LogP contribution in [0.5, 0.6) is 5.75 Å². The molecule has 0 atom stereocenters. The molecule has 66 valence electrons. The van der Waals surface area contributed by atoms with Crippen molar-refractivity contribution in [3.63, 3.8) is 0 Å². The van der Waals surface area contributed by atoms with E-state index in [9.17, 15) is 0 Å². The van der Waals surface area contributed by atoms with Crippen LogP contribution < -0.4 is 16.2 Å². The number of hydrogen-bond donors (Lipinski definition) is 2. The van der Waals surface area contributed by atoms with E-state index in [4.69, 9.17) is 16.2 Å². The SMILES string of the molecule is COc1cc(C)c(Br)c(N)c1N. The van der Waals surface area contributed by atoms with E-state index in [1.165, 1.54) is 0 Å². The van der Waals surface area contributed by atoms with Crippen LogP contribution in [0.4, 0.5) is 11.4 Å². The Morgan fingerprint density at radius 2 is 1.92 bits per heavy atom. The molecule has 0 aromatic heterocycles. The summed E-state index contributed by atoms with van der Waals surface area (Å²) in [5.74, 6) is 0.619. The fourth-order valence-corrected chi connectivity index (χ4v) is 1.30. The summed E-state index contributed by atoms with van der Waals surface area (Å²) in [7, 11) is 1.57. The van der Waals surface area contributed by atoms with Gasteiger partial charge in [-0.1, -0.05) is 0 Å². The highest BCUT2D eigenvalue weighted by molar-refractivity contribution is 9.10. The van der Waals surface area contributed by atoms with Crippen LogP contribution >= 0.6 is 15.9 Å². The summed E-state index contributed by atoms with van der Waals surface area (Å²) in [6, 6.07) is 1.84.